The number of halogens is 1. The van der Waals surface area contributed by atoms with Crippen molar-refractivity contribution in [2.24, 2.45) is 11.8 Å². The van der Waals surface area contributed by atoms with Crippen molar-refractivity contribution in [2.75, 3.05) is 26.2 Å². The zero-order valence-corrected chi connectivity index (χ0v) is 29.9. The monoisotopic (exact) mass is 729 g/mol. The first-order chi connectivity index (χ1) is 23.1. The van der Waals surface area contributed by atoms with Crippen molar-refractivity contribution in [3.63, 3.8) is 0 Å². The molecule has 1 aromatic rings. The maximum Gasteiger partial charge on any atom is 0.313 e. The number of nitrogens with zero attached hydrogens (tertiary/aromatic N) is 2. The molecule has 0 saturated carbocycles. The molecule has 3 aliphatic heterocycles. The van der Waals surface area contributed by atoms with Gasteiger partial charge in [-0.3, -0.25) is 19.2 Å². The Balaban J connectivity index is 1.66. The normalized spacial score (nSPS) is 26.9. The van der Waals surface area contributed by atoms with Gasteiger partial charge < -0.3 is 29.7 Å². The number of benzene rings is 1. The molecule has 1 aromatic carbocycles. The van der Waals surface area contributed by atoms with Gasteiger partial charge >= 0.3 is 5.97 Å². The third-order valence-corrected chi connectivity index (χ3v) is 10.7. The van der Waals surface area contributed by atoms with Crippen LogP contribution in [0, 0.1) is 11.8 Å². The van der Waals surface area contributed by atoms with Gasteiger partial charge in [-0.05, 0) is 44.6 Å². The van der Waals surface area contributed by atoms with E-state index in [9.17, 15) is 24.3 Å². The Morgan fingerprint density at radius 2 is 1.90 bits per heavy atom. The highest BCUT2D eigenvalue weighted by molar-refractivity contribution is 9.09. The van der Waals surface area contributed by atoms with E-state index in [1.165, 1.54) is 0 Å². The van der Waals surface area contributed by atoms with E-state index in [-0.39, 0.29) is 35.6 Å². The number of hydrogen-bond donors (Lipinski definition) is 2. The fourth-order valence-electron chi connectivity index (χ4n) is 7.58. The summed E-state index contributed by atoms with van der Waals surface area (Å²) in [6.07, 6.45) is 7.72. The van der Waals surface area contributed by atoms with Crippen LogP contribution in [0.2, 0.25) is 0 Å². The molecule has 2 N–H and O–H groups in total. The van der Waals surface area contributed by atoms with Crippen molar-refractivity contribution in [3.8, 4) is 0 Å². The molecule has 4 rings (SSSR count). The molecule has 0 aliphatic carbocycles. The predicted octanol–water partition coefficient (Wildman–Crippen LogP) is 4.86. The first kappa shape index (κ1) is 37.8. The summed E-state index contributed by atoms with van der Waals surface area (Å²) in [4.78, 5) is 59.1. The van der Waals surface area contributed by atoms with E-state index in [0.717, 1.165) is 25.7 Å². The SMILES string of the molecule is C=CCCC(=O)N[C@H](C)[C@@H](OC(=O)[C@H]1[C@@H]2O[C@@]3(CC2Br)[C@@H]1C(=O)N(CCCCCCO)[C@@H]3C(=O)N(CC=C)CCCC)c1ccccc1. The van der Waals surface area contributed by atoms with E-state index >= 15 is 0 Å². The number of alkyl halides is 1. The minimum atomic E-state index is -1.19. The minimum Gasteiger partial charge on any atom is -0.455 e. The third kappa shape index (κ3) is 8.05. The van der Waals surface area contributed by atoms with Crippen LogP contribution in [0.1, 0.15) is 83.3 Å². The number of unbranched alkanes of at least 4 members (excludes halogenated alkanes) is 4. The van der Waals surface area contributed by atoms with E-state index < -0.39 is 47.7 Å². The number of aliphatic hydroxyl groups excluding tert-OH is 1. The third-order valence-electron chi connectivity index (χ3n) is 9.83. The van der Waals surface area contributed by atoms with Crippen LogP contribution < -0.4 is 5.32 Å². The first-order valence-electron chi connectivity index (χ1n) is 17.4. The predicted molar refractivity (Wildman–Crippen MR) is 187 cm³/mol. The summed E-state index contributed by atoms with van der Waals surface area (Å²) in [5.74, 6) is -3.06. The highest BCUT2D eigenvalue weighted by Gasteiger charge is 2.77. The molecule has 11 heteroatoms. The van der Waals surface area contributed by atoms with Crippen LogP contribution in [0.3, 0.4) is 0 Å². The lowest BCUT2D eigenvalue weighted by molar-refractivity contribution is -0.162. The van der Waals surface area contributed by atoms with Gasteiger partial charge in [0.05, 0.1) is 24.0 Å². The molecule has 8 atom stereocenters. The van der Waals surface area contributed by atoms with Crippen LogP contribution in [-0.2, 0) is 28.7 Å². The van der Waals surface area contributed by atoms with Gasteiger partial charge in [0, 0.05) is 37.5 Å². The fourth-order valence-corrected chi connectivity index (χ4v) is 8.52. The average molecular weight is 731 g/mol. The lowest BCUT2D eigenvalue weighted by Gasteiger charge is -2.37. The number of likely N-dealkylation sites (tertiary alicyclic amines) is 1. The molecule has 0 radical (unpaired) electrons. The Kier molecular flexibility index (Phi) is 13.8. The quantitative estimate of drug-likeness (QED) is 0.0851. The van der Waals surface area contributed by atoms with Gasteiger partial charge in [-0.1, -0.05) is 84.6 Å². The Morgan fingerprint density at radius 3 is 2.56 bits per heavy atom. The second-order valence-electron chi connectivity index (χ2n) is 13.2. The van der Waals surface area contributed by atoms with Crippen molar-refractivity contribution in [3.05, 3.63) is 61.2 Å². The van der Waals surface area contributed by atoms with E-state index in [1.807, 2.05) is 30.3 Å². The summed E-state index contributed by atoms with van der Waals surface area (Å²) in [6, 6.07) is 7.79. The molecule has 1 spiro atoms. The molecule has 3 saturated heterocycles. The number of aliphatic hydroxyl groups is 1. The lowest BCUT2D eigenvalue weighted by Crippen LogP contribution is -2.57. The molecular weight excluding hydrogens is 678 g/mol. The standard InChI is InChI=1S/C37H52BrN3O7/c1-5-8-19-28(43)39-25(4)31(26-17-13-12-14-18-26)47-36(46)29-30-34(44)41(22-15-10-11-16-23-42)33(37(30)24-27(38)32(29)48-37)35(45)40(20-7-3)21-9-6-2/h5,7,12-14,17-18,25,27,29-33,42H,1,3,6,8-11,15-16,19-24H2,2,4H3,(H,39,43)/t25-,27?,29-,30+,31-,32-,33-,37+/m1/s1. The molecule has 3 amide bonds. The molecule has 1 unspecified atom stereocenters. The topological polar surface area (TPSA) is 125 Å². The van der Waals surface area contributed by atoms with Gasteiger partial charge in [0.2, 0.25) is 17.7 Å². The Morgan fingerprint density at radius 1 is 1.17 bits per heavy atom. The van der Waals surface area contributed by atoms with Crippen molar-refractivity contribution in [1.29, 1.82) is 0 Å². The Hall–Kier alpha value is -3.02. The van der Waals surface area contributed by atoms with Gasteiger partial charge in [-0.15, -0.1) is 13.2 Å². The Bertz CT molecular complexity index is 1290. The van der Waals surface area contributed by atoms with E-state index in [4.69, 9.17) is 9.47 Å². The van der Waals surface area contributed by atoms with Crippen LogP contribution in [0.5, 0.6) is 0 Å². The number of hydrogen-bond acceptors (Lipinski definition) is 7. The molecule has 3 aliphatic rings. The second-order valence-corrected chi connectivity index (χ2v) is 14.4. The number of amides is 3. The largest absolute Gasteiger partial charge is 0.455 e. The van der Waals surface area contributed by atoms with Crippen molar-refractivity contribution in [2.45, 2.75) is 106 Å². The Labute approximate surface area is 293 Å². The first-order valence-corrected chi connectivity index (χ1v) is 18.3. The number of rotatable bonds is 20. The van der Waals surface area contributed by atoms with Crippen LogP contribution in [0.4, 0.5) is 0 Å². The fraction of sp³-hybridized carbons (Fsp3) is 0.622. The van der Waals surface area contributed by atoms with Gasteiger partial charge in [0.15, 0.2) is 0 Å². The molecular formula is C37H52BrN3O7. The van der Waals surface area contributed by atoms with Gasteiger partial charge in [-0.2, -0.15) is 0 Å². The smallest absolute Gasteiger partial charge is 0.313 e. The zero-order valence-electron chi connectivity index (χ0n) is 28.4. The molecule has 0 aromatic heterocycles. The molecule has 10 nitrogen and oxygen atoms in total. The number of allylic oxidation sites excluding steroid dienone is 1. The minimum absolute atomic E-state index is 0.107. The van der Waals surface area contributed by atoms with Gasteiger partial charge in [0.1, 0.15) is 17.7 Å². The summed E-state index contributed by atoms with van der Waals surface area (Å²) in [5, 5.41) is 12.2. The highest BCUT2D eigenvalue weighted by Crippen LogP contribution is 2.60. The summed E-state index contributed by atoms with van der Waals surface area (Å²) in [6.45, 7) is 12.7. The number of carbonyl (C=O) groups is 4. The number of carbonyl (C=O) groups excluding carboxylic acids is 4. The number of nitrogens with one attached hydrogen (secondary N) is 1. The van der Waals surface area contributed by atoms with Crippen molar-refractivity contribution < 1.29 is 33.8 Å². The lowest BCUT2D eigenvalue weighted by atomic mass is 9.70. The van der Waals surface area contributed by atoms with E-state index in [0.29, 0.717) is 50.9 Å². The molecule has 3 fully saturated rings. The maximum atomic E-state index is 14.5. The molecule has 48 heavy (non-hydrogen) atoms. The second kappa shape index (κ2) is 17.6. The summed E-state index contributed by atoms with van der Waals surface area (Å²) < 4.78 is 13.0. The van der Waals surface area contributed by atoms with E-state index in [2.05, 4.69) is 41.3 Å². The van der Waals surface area contributed by atoms with Crippen LogP contribution in [0.15, 0.2) is 55.6 Å². The summed E-state index contributed by atoms with van der Waals surface area (Å²) in [5.41, 5.74) is -0.483. The number of ether oxygens (including phenoxy) is 2. The van der Waals surface area contributed by atoms with Crippen LogP contribution in [0.25, 0.3) is 0 Å². The van der Waals surface area contributed by atoms with Crippen LogP contribution in [-0.4, -0.2) is 93.5 Å². The van der Waals surface area contributed by atoms with E-state index in [1.54, 1.807) is 28.9 Å². The highest BCUT2D eigenvalue weighted by atomic mass is 79.9. The number of fused-ring (bicyclic) bond motifs is 1. The van der Waals surface area contributed by atoms with Gasteiger partial charge in [-0.25, -0.2) is 0 Å². The molecule has 2 bridgehead atoms. The summed E-state index contributed by atoms with van der Waals surface area (Å²) >= 11 is 3.75. The summed E-state index contributed by atoms with van der Waals surface area (Å²) in [7, 11) is 0. The zero-order chi connectivity index (χ0) is 34.8. The van der Waals surface area contributed by atoms with Gasteiger partial charge in [0.25, 0.3) is 0 Å². The van der Waals surface area contributed by atoms with Crippen molar-refractivity contribution in [1.82, 2.24) is 15.1 Å². The van der Waals surface area contributed by atoms with Crippen molar-refractivity contribution >= 4 is 39.6 Å². The average Bonchev–Trinajstić information content (AvgIpc) is 3.67. The molecule has 3 heterocycles. The molecule has 264 valence electrons. The maximum absolute atomic E-state index is 14.5. The number of esters is 1. The van der Waals surface area contributed by atoms with Crippen LogP contribution >= 0.6 is 15.9 Å².